The molecule has 1 spiro atoms. The van der Waals surface area contributed by atoms with Crippen molar-refractivity contribution in [1.82, 2.24) is 4.98 Å². The number of rotatable bonds is 4. The summed E-state index contributed by atoms with van der Waals surface area (Å²) < 4.78 is 10.7. The molecular formula is C21H21N3O5. The Balaban J connectivity index is 2.13. The van der Waals surface area contributed by atoms with Crippen LogP contribution in [0.25, 0.3) is 0 Å². The van der Waals surface area contributed by atoms with Crippen LogP contribution in [0.15, 0.2) is 42.6 Å². The molecule has 2 aliphatic heterocycles. The van der Waals surface area contributed by atoms with Crippen LogP contribution < -0.4 is 10.2 Å². The van der Waals surface area contributed by atoms with E-state index in [1.807, 2.05) is 0 Å². The fourth-order valence-corrected chi connectivity index (χ4v) is 4.41. The van der Waals surface area contributed by atoms with Gasteiger partial charge in [-0.05, 0) is 26.0 Å². The third-order valence-electron chi connectivity index (χ3n) is 5.51. The molecule has 29 heavy (non-hydrogen) atoms. The molecule has 0 aliphatic carbocycles. The molecule has 3 heterocycles. The van der Waals surface area contributed by atoms with Gasteiger partial charge in [0.15, 0.2) is 5.54 Å². The Hall–Kier alpha value is -3.42. The first-order valence-electron chi connectivity index (χ1n) is 9.42. The van der Waals surface area contributed by atoms with Crippen LogP contribution in [0.2, 0.25) is 0 Å². The fraction of sp³-hybridized carbons (Fsp3) is 0.333. The van der Waals surface area contributed by atoms with Crippen LogP contribution in [-0.2, 0) is 34.8 Å². The first-order chi connectivity index (χ1) is 14.0. The summed E-state index contributed by atoms with van der Waals surface area (Å²) in [5.74, 6) is -1.79. The lowest BCUT2D eigenvalue weighted by molar-refractivity contribution is -0.170. The first kappa shape index (κ1) is 18.9. The summed E-state index contributed by atoms with van der Waals surface area (Å²) in [6, 6.07) is 10.2. The second kappa shape index (κ2) is 6.58. The second-order valence-corrected chi connectivity index (χ2v) is 6.85. The number of fused-ring (bicyclic) bond motifs is 3. The lowest BCUT2D eigenvalue weighted by atomic mass is 9.65. The van der Waals surface area contributed by atoms with Gasteiger partial charge in [0.1, 0.15) is 5.82 Å². The molecule has 8 nitrogen and oxygen atoms in total. The molecule has 1 aromatic carbocycles. The second-order valence-electron chi connectivity index (χ2n) is 6.85. The van der Waals surface area contributed by atoms with E-state index in [2.05, 4.69) is 10.3 Å². The number of carbonyl (C=O) groups excluding carboxylic acids is 3. The van der Waals surface area contributed by atoms with Crippen LogP contribution in [0.1, 0.15) is 25.0 Å². The van der Waals surface area contributed by atoms with E-state index >= 15 is 0 Å². The van der Waals surface area contributed by atoms with Crippen molar-refractivity contribution >= 4 is 29.4 Å². The van der Waals surface area contributed by atoms with Crippen LogP contribution in [-0.4, -0.2) is 43.1 Å². The number of carbonyl (C=O) groups is 3. The van der Waals surface area contributed by atoms with Crippen molar-refractivity contribution in [2.75, 3.05) is 30.5 Å². The van der Waals surface area contributed by atoms with Crippen LogP contribution in [0.4, 0.5) is 11.5 Å². The Morgan fingerprint density at radius 1 is 1.03 bits per heavy atom. The smallest absolute Gasteiger partial charge is 0.331 e. The predicted molar refractivity (Wildman–Crippen MR) is 104 cm³/mol. The van der Waals surface area contributed by atoms with E-state index in [0.29, 0.717) is 22.6 Å². The van der Waals surface area contributed by atoms with Gasteiger partial charge < -0.3 is 14.8 Å². The molecule has 0 fully saturated rings. The summed E-state index contributed by atoms with van der Waals surface area (Å²) in [5, 5.41) is 3.18. The number of nitrogens with zero attached hydrogens (tertiary/aromatic N) is 2. The van der Waals surface area contributed by atoms with Gasteiger partial charge in [-0.3, -0.25) is 19.3 Å². The SMILES string of the molecule is CCOC(=O)C1(C(=O)OCC)c2ccccc2N[C@@]12C(=O)N(C)c1ncccc12. The maximum absolute atomic E-state index is 13.7. The number of hydrogen-bond donors (Lipinski definition) is 1. The normalized spacial score (nSPS) is 20.8. The molecule has 0 saturated heterocycles. The van der Waals surface area contributed by atoms with Gasteiger partial charge in [0.05, 0.1) is 13.2 Å². The zero-order valence-electron chi connectivity index (χ0n) is 16.4. The number of pyridine rings is 1. The molecule has 1 atom stereocenters. The molecule has 1 N–H and O–H groups in total. The van der Waals surface area contributed by atoms with Gasteiger partial charge in [-0.25, -0.2) is 4.98 Å². The zero-order valence-corrected chi connectivity index (χ0v) is 16.4. The third-order valence-corrected chi connectivity index (χ3v) is 5.51. The average Bonchev–Trinajstić information content (AvgIpc) is 3.15. The lowest BCUT2D eigenvalue weighted by Crippen LogP contribution is -2.64. The Morgan fingerprint density at radius 2 is 1.66 bits per heavy atom. The third kappa shape index (κ3) is 2.14. The van der Waals surface area contributed by atoms with Crippen molar-refractivity contribution in [3.63, 3.8) is 0 Å². The van der Waals surface area contributed by atoms with Crippen molar-refractivity contribution in [2.45, 2.75) is 24.8 Å². The molecule has 0 bridgehead atoms. The van der Waals surface area contributed by atoms with Gasteiger partial charge in [-0.15, -0.1) is 0 Å². The number of para-hydroxylation sites is 1. The zero-order chi connectivity index (χ0) is 20.8. The van der Waals surface area contributed by atoms with E-state index in [-0.39, 0.29) is 13.2 Å². The minimum atomic E-state index is -2.05. The lowest BCUT2D eigenvalue weighted by Gasteiger charge is -2.38. The highest BCUT2D eigenvalue weighted by molar-refractivity contribution is 6.23. The maximum atomic E-state index is 13.7. The van der Waals surface area contributed by atoms with Gasteiger partial charge in [0.2, 0.25) is 5.41 Å². The molecule has 8 heteroatoms. The standard InChI is InChI=1S/C21H21N3O5/c1-4-28-18(26)20(19(27)29-5-2)13-9-6-7-11-15(13)23-21(20)14-10-8-12-22-16(14)24(3)17(21)25/h6-12,23H,4-5H2,1-3H3/t21-/m0/s1. The molecule has 2 aliphatic rings. The van der Waals surface area contributed by atoms with Gasteiger partial charge >= 0.3 is 11.9 Å². The average molecular weight is 395 g/mol. The van der Waals surface area contributed by atoms with Gasteiger partial charge in [0.25, 0.3) is 5.91 Å². The number of esters is 2. The molecule has 4 rings (SSSR count). The Kier molecular flexibility index (Phi) is 4.29. The summed E-state index contributed by atoms with van der Waals surface area (Å²) in [5.41, 5.74) is -2.55. The highest BCUT2D eigenvalue weighted by Gasteiger charge is 2.76. The van der Waals surface area contributed by atoms with Crippen LogP contribution in [0.3, 0.4) is 0 Å². The number of amides is 1. The number of ether oxygens (including phenoxy) is 2. The molecule has 150 valence electrons. The number of benzene rings is 1. The van der Waals surface area contributed by atoms with E-state index in [4.69, 9.17) is 9.47 Å². The number of hydrogen-bond acceptors (Lipinski definition) is 7. The van der Waals surface area contributed by atoms with Crippen LogP contribution >= 0.6 is 0 Å². The minimum absolute atomic E-state index is 0.0438. The molecule has 1 aromatic heterocycles. The van der Waals surface area contributed by atoms with Gasteiger partial charge in [-0.1, -0.05) is 24.3 Å². The number of nitrogens with one attached hydrogen (secondary N) is 1. The first-order valence-corrected chi connectivity index (χ1v) is 9.42. The Bertz CT molecular complexity index is 1000. The molecule has 0 unspecified atom stereocenters. The highest BCUT2D eigenvalue weighted by Crippen LogP contribution is 2.59. The predicted octanol–water partition coefficient (Wildman–Crippen LogP) is 1.74. The topological polar surface area (TPSA) is 97.8 Å². The summed E-state index contributed by atoms with van der Waals surface area (Å²) in [6.45, 7) is 3.38. The van der Waals surface area contributed by atoms with Crippen LogP contribution in [0.5, 0.6) is 0 Å². The van der Waals surface area contributed by atoms with E-state index in [9.17, 15) is 14.4 Å². The minimum Gasteiger partial charge on any atom is -0.465 e. The Morgan fingerprint density at radius 3 is 2.31 bits per heavy atom. The largest absolute Gasteiger partial charge is 0.465 e. The number of anilines is 2. The van der Waals surface area contributed by atoms with Gasteiger partial charge in [-0.2, -0.15) is 0 Å². The van der Waals surface area contributed by atoms with Crippen molar-refractivity contribution in [3.8, 4) is 0 Å². The summed E-state index contributed by atoms with van der Waals surface area (Å²) in [4.78, 5) is 46.4. The van der Waals surface area contributed by atoms with Crippen LogP contribution in [0, 0.1) is 0 Å². The molecule has 2 aromatic rings. The van der Waals surface area contributed by atoms with Crippen molar-refractivity contribution in [2.24, 2.45) is 0 Å². The number of aromatic nitrogens is 1. The quantitative estimate of drug-likeness (QED) is 0.622. The Labute approximate surface area is 167 Å². The van der Waals surface area contributed by atoms with E-state index in [1.54, 1.807) is 63.5 Å². The highest BCUT2D eigenvalue weighted by atomic mass is 16.6. The monoisotopic (exact) mass is 395 g/mol. The molecule has 1 amide bonds. The van der Waals surface area contributed by atoms with Crippen molar-refractivity contribution in [1.29, 1.82) is 0 Å². The number of likely N-dealkylation sites (N-methyl/N-ethyl adjacent to an activating group) is 1. The maximum Gasteiger partial charge on any atom is 0.331 e. The van der Waals surface area contributed by atoms with Crippen molar-refractivity contribution in [3.05, 3.63) is 53.7 Å². The van der Waals surface area contributed by atoms with E-state index in [0.717, 1.165) is 0 Å². The summed E-state index contributed by atoms with van der Waals surface area (Å²) in [7, 11) is 1.56. The molecule has 0 radical (unpaired) electrons. The molecule has 0 saturated carbocycles. The molecular weight excluding hydrogens is 374 g/mol. The fourth-order valence-electron chi connectivity index (χ4n) is 4.41. The van der Waals surface area contributed by atoms with E-state index in [1.165, 1.54) is 4.90 Å². The van der Waals surface area contributed by atoms with Crippen molar-refractivity contribution < 1.29 is 23.9 Å². The van der Waals surface area contributed by atoms with E-state index < -0.39 is 28.8 Å². The summed E-state index contributed by atoms with van der Waals surface area (Å²) >= 11 is 0. The summed E-state index contributed by atoms with van der Waals surface area (Å²) in [6.07, 6.45) is 1.56. The van der Waals surface area contributed by atoms with Gasteiger partial charge in [0, 0.05) is 30.1 Å².